The number of nitrogens with one attached hydrogen (secondary N) is 1. The number of carbonyl (C=O) groups excluding carboxylic acids is 1. The second-order valence-electron chi connectivity index (χ2n) is 4.61. The molecule has 18 heavy (non-hydrogen) atoms. The second kappa shape index (κ2) is 7.18. The SMILES string of the molecule is COCC(NC(=O)CC(O)C(C)C)c1ccco1. The monoisotopic (exact) mass is 255 g/mol. The van der Waals surface area contributed by atoms with Crippen molar-refractivity contribution in [1.29, 1.82) is 0 Å². The van der Waals surface area contributed by atoms with E-state index in [4.69, 9.17) is 9.15 Å². The van der Waals surface area contributed by atoms with Crippen LogP contribution in [0.4, 0.5) is 0 Å². The summed E-state index contributed by atoms with van der Waals surface area (Å²) in [6.07, 6.45) is 0.996. The topological polar surface area (TPSA) is 71.7 Å². The number of methoxy groups -OCH3 is 1. The maximum absolute atomic E-state index is 11.8. The average molecular weight is 255 g/mol. The van der Waals surface area contributed by atoms with Crippen LogP contribution in [0.3, 0.4) is 0 Å². The third-order valence-electron chi connectivity index (χ3n) is 2.72. The van der Waals surface area contributed by atoms with E-state index >= 15 is 0 Å². The summed E-state index contributed by atoms with van der Waals surface area (Å²) in [6, 6.07) is 3.22. The first-order chi connectivity index (χ1) is 8.54. The Bertz CT molecular complexity index is 348. The van der Waals surface area contributed by atoms with E-state index in [0.717, 1.165) is 0 Å². The Labute approximate surface area is 107 Å². The fourth-order valence-electron chi connectivity index (χ4n) is 1.53. The van der Waals surface area contributed by atoms with E-state index < -0.39 is 6.10 Å². The van der Waals surface area contributed by atoms with Crippen LogP contribution in [-0.2, 0) is 9.53 Å². The van der Waals surface area contributed by atoms with Crippen LogP contribution in [0.1, 0.15) is 32.1 Å². The first-order valence-corrected chi connectivity index (χ1v) is 6.04. The summed E-state index contributed by atoms with van der Waals surface area (Å²) in [6.45, 7) is 4.07. The van der Waals surface area contributed by atoms with Crippen molar-refractivity contribution in [2.45, 2.75) is 32.4 Å². The lowest BCUT2D eigenvalue weighted by molar-refractivity contribution is -0.124. The molecule has 0 radical (unpaired) electrons. The van der Waals surface area contributed by atoms with Crippen molar-refractivity contribution in [1.82, 2.24) is 5.32 Å². The van der Waals surface area contributed by atoms with Gasteiger partial charge in [0.05, 0.1) is 25.4 Å². The fourth-order valence-corrected chi connectivity index (χ4v) is 1.53. The molecule has 0 aliphatic carbocycles. The minimum absolute atomic E-state index is 0.0558. The first kappa shape index (κ1) is 14.7. The molecular weight excluding hydrogens is 234 g/mol. The van der Waals surface area contributed by atoms with Crippen molar-refractivity contribution in [3.8, 4) is 0 Å². The van der Waals surface area contributed by atoms with Crippen molar-refractivity contribution >= 4 is 5.91 Å². The zero-order chi connectivity index (χ0) is 13.5. The molecule has 1 amide bonds. The number of furan rings is 1. The summed E-state index contributed by atoms with van der Waals surface area (Å²) >= 11 is 0. The maximum atomic E-state index is 11.8. The molecule has 2 unspecified atom stereocenters. The summed E-state index contributed by atoms with van der Waals surface area (Å²) in [5.41, 5.74) is 0. The summed E-state index contributed by atoms with van der Waals surface area (Å²) in [5.74, 6) is 0.485. The van der Waals surface area contributed by atoms with E-state index in [1.807, 2.05) is 13.8 Å². The molecular formula is C13H21NO4. The third-order valence-corrected chi connectivity index (χ3v) is 2.72. The molecule has 0 bridgehead atoms. The molecule has 5 nitrogen and oxygen atoms in total. The number of hydrogen-bond donors (Lipinski definition) is 2. The zero-order valence-electron chi connectivity index (χ0n) is 11.1. The Kier molecular flexibility index (Phi) is 5.88. The molecule has 102 valence electrons. The lowest BCUT2D eigenvalue weighted by Crippen LogP contribution is -2.34. The van der Waals surface area contributed by atoms with E-state index in [9.17, 15) is 9.90 Å². The normalized spacial score (nSPS) is 14.5. The number of amides is 1. The number of rotatable bonds is 7. The van der Waals surface area contributed by atoms with E-state index in [2.05, 4.69) is 5.32 Å². The smallest absolute Gasteiger partial charge is 0.223 e. The Morgan fingerprint density at radius 1 is 1.56 bits per heavy atom. The average Bonchev–Trinajstić information content (AvgIpc) is 2.81. The van der Waals surface area contributed by atoms with Gasteiger partial charge in [-0.1, -0.05) is 13.8 Å². The van der Waals surface area contributed by atoms with Gasteiger partial charge in [0, 0.05) is 7.11 Å². The van der Waals surface area contributed by atoms with E-state index in [1.165, 1.54) is 0 Å². The van der Waals surface area contributed by atoms with Crippen molar-refractivity contribution < 1.29 is 19.1 Å². The van der Waals surface area contributed by atoms with Crippen LogP contribution >= 0.6 is 0 Å². The zero-order valence-corrected chi connectivity index (χ0v) is 11.1. The van der Waals surface area contributed by atoms with Gasteiger partial charge in [0.2, 0.25) is 5.91 Å². The number of ether oxygens (including phenoxy) is 1. The van der Waals surface area contributed by atoms with Gasteiger partial charge < -0.3 is 19.6 Å². The maximum Gasteiger partial charge on any atom is 0.223 e. The highest BCUT2D eigenvalue weighted by atomic mass is 16.5. The molecule has 2 N–H and O–H groups in total. The van der Waals surface area contributed by atoms with Crippen molar-refractivity contribution in [2.24, 2.45) is 5.92 Å². The largest absolute Gasteiger partial charge is 0.467 e. The molecule has 1 rings (SSSR count). The van der Waals surface area contributed by atoms with E-state index in [1.54, 1.807) is 25.5 Å². The quantitative estimate of drug-likeness (QED) is 0.774. The predicted molar refractivity (Wildman–Crippen MR) is 66.9 cm³/mol. The Morgan fingerprint density at radius 2 is 2.28 bits per heavy atom. The molecule has 1 aromatic heterocycles. The van der Waals surface area contributed by atoms with Crippen LogP contribution < -0.4 is 5.32 Å². The van der Waals surface area contributed by atoms with Gasteiger partial charge in [0.1, 0.15) is 11.8 Å². The Balaban J connectivity index is 2.54. The van der Waals surface area contributed by atoms with E-state index in [-0.39, 0.29) is 24.3 Å². The molecule has 0 spiro atoms. The molecule has 1 aromatic rings. The standard InChI is InChI=1S/C13H21NO4/c1-9(2)11(15)7-13(16)14-10(8-17-3)12-5-4-6-18-12/h4-6,9-11,15H,7-8H2,1-3H3,(H,14,16). The van der Waals surface area contributed by atoms with Gasteiger partial charge in [0.15, 0.2) is 0 Å². The molecule has 0 saturated carbocycles. The van der Waals surface area contributed by atoms with Crippen LogP contribution in [-0.4, -0.2) is 30.8 Å². The van der Waals surface area contributed by atoms with Crippen molar-refractivity contribution in [3.05, 3.63) is 24.2 Å². The molecule has 0 aliphatic heterocycles. The van der Waals surface area contributed by atoms with Crippen molar-refractivity contribution in [2.75, 3.05) is 13.7 Å². The lowest BCUT2D eigenvalue weighted by atomic mass is 10.0. The summed E-state index contributed by atoms with van der Waals surface area (Å²) < 4.78 is 10.3. The molecule has 0 fully saturated rings. The van der Waals surface area contributed by atoms with Gasteiger partial charge in [-0.2, -0.15) is 0 Å². The molecule has 0 aromatic carbocycles. The number of aliphatic hydroxyl groups is 1. The Hall–Kier alpha value is -1.33. The predicted octanol–water partition coefficient (Wildman–Crippen LogP) is 1.49. The summed E-state index contributed by atoms with van der Waals surface area (Å²) in [7, 11) is 1.56. The third kappa shape index (κ3) is 4.50. The minimum Gasteiger partial charge on any atom is -0.467 e. The molecule has 0 aliphatic rings. The van der Waals surface area contributed by atoms with Crippen molar-refractivity contribution in [3.63, 3.8) is 0 Å². The lowest BCUT2D eigenvalue weighted by Gasteiger charge is -2.18. The van der Waals surface area contributed by atoms with Gasteiger partial charge in [-0.05, 0) is 18.1 Å². The highest BCUT2D eigenvalue weighted by Gasteiger charge is 2.20. The second-order valence-corrected chi connectivity index (χ2v) is 4.61. The highest BCUT2D eigenvalue weighted by Crippen LogP contribution is 2.14. The van der Waals surface area contributed by atoms with Crippen LogP contribution in [0.2, 0.25) is 0 Å². The first-order valence-electron chi connectivity index (χ1n) is 6.04. The minimum atomic E-state index is -0.634. The van der Waals surface area contributed by atoms with Gasteiger partial charge in [-0.3, -0.25) is 4.79 Å². The fraction of sp³-hybridized carbons (Fsp3) is 0.615. The summed E-state index contributed by atoms with van der Waals surface area (Å²) in [4.78, 5) is 11.8. The summed E-state index contributed by atoms with van der Waals surface area (Å²) in [5, 5.41) is 12.4. The van der Waals surface area contributed by atoms with Crippen LogP contribution in [0.15, 0.2) is 22.8 Å². The number of hydrogen-bond acceptors (Lipinski definition) is 4. The van der Waals surface area contributed by atoms with Crippen LogP contribution in [0.25, 0.3) is 0 Å². The Morgan fingerprint density at radius 3 is 2.78 bits per heavy atom. The molecule has 5 heteroatoms. The van der Waals surface area contributed by atoms with E-state index in [0.29, 0.717) is 12.4 Å². The van der Waals surface area contributed by atoms with Crippen LogP contribution in [0, 0.1) is 5.92 Å². The molecule has 1 heterocycles. The van der Waals surface area contributed by atoms with Gasteiger partial charge in [-0.25, -0.2) is 0 Å². The highest BCUT2D eigenvalue weighted by molar-refractivity contribution is 5.76. The number of carbonyl (C=O) groups is 1. The van der Waals surface area contributed by atoms with Gasteiger partial charge in [-0.15, -0.1) is 0 Å². The molecule has 0 saturated heterocycles. The molecule has 2 atom stereocenters. The van der Waals surface area contributed by atoms with Gasteiger partial charge in [0.25, 0.3) is 0 Å². The van der Waals surface area contributed by atoms with Crippen LogP contribution in [0.5, 0.6) is 0 Å². The van der Waals surface area contributed by atoms with Gasteiger partial charge >= 0.3 is 0 Å². The number of aliphatic hydroxyl groups excluding tert-OH is 1.